The molecule has 2 rings (SSSR count). The monoisotopic (exact) mass is 191 g/mol. The third-order valence-corrected chi connectivity index (χ3v) is 3.16. The van der Waals surface area contributed by atoms with Crippen LogP contribution in [0.2, 0.25) is 0 Å². The molecule has 0 spiro atoms. The van der Waals surface area contributed by atoms with Crippen molar-refractivity contribution in [2.75, 3.05) is 17.6 Å². The minimum Gasteiger partial charge on any atom is -0.384 e. The van der Waals surface area contributed by atoms with E-state index < -0.39 is 0 Å². The molecule has 1 heterocycles. The van der Waals surface area contributed by atoms with Crippen molar-refractivity contribution < 1.29 is 0 Å². The molecule has 3 nitrogen and oxygen atoms in total. The summed E-state index contributed by atoms with van der Waals surface area (Å²) >= 11 is 0. The Kier molecular flexibility index (Phi) is 2.32. The summed E-state index contributed by atoms with van der Waals surface area (Å²) < 4.78 is 0. The van der Waals surface area contributed by atoms with Crippen molar-refractivity contribution in [2.24, 2.45) is 5.41 Å². The van der Waals surface area contributed by atoms with Crippen molar-refractivity contribution in [2.45, 2.75) is 26.2 Å². The second-order valence-electron chi connectivity index (χ2n) is 4.18. The minimum absolute atomic E-state index is 0.571. The van der Waals surface area contributed by atoms with Crippen LogP contribution < -0.4 is 11.1 Å². The molecule has 14 heavy (non-hydrogen) atoms. The van der Waals surface area contributed by atoms with E-state index in [2.05, 4.69) is 17.2 Å². The average Bonchev–Trinajstić information content (AvgIpc) is 2.98. The van der Waals surface area contributed by atoms with Gasteiger partial charge in [0.1, 0.15) is 5.82 Å². The number of nitrogens with one attached hydrogen (secondary N) is 1. The van der Waals surface area contributed by atoms with Crippen LogP contribution in [0.25, 0.3) is 0 Å². The molecule has 1 aliphatic rings. The minimum atomic E-state index is 0.571. The summed E-state index contributed by atoms with van der Waals surface area (Å²) in [4.78, 5) is 4.04. The first-order chi connectivity index (χ1) is 6.74. The van der Waals surface area contributed by atoms with Crippen LogP contribution >= 0.6 is 0 Å². The molecule has 0 unspecified atom stereocenters. The Hall–Kier alpha value is -1.25. The number of anilines is 2. The first-order valence-electron chi connectivity index (χ1n) is 5.19. The van der Waals surface area contributed by atoms with Gasteiger partial charge >= 0.3 is 0 Å². The number of nitrogen functional groups attached to an aromatic ring is 1. The largest absolute Gasteiger partial charge is 0.384 e. The molecule has 0 aliphatic heterocycles. The van der Waals surface area contributed by atoms with E-state index in [1.165, 1.54) is 19.3 Å². The van der Waals surface area contributed by atoms with Crippen molar-refractivity contribution in [3.8, 4) is 0 Å². The molecule has 0 amide bonds. The maximum Gasteiger partial charge on any atom is 0.123 e. The Bertz CT molecular complexity index is 301. The van der Waals surface area contributed by atoms with Gasteiger partial charge in [0, 0.05) is 6.54 Å². The topological polar surface area (TPSA) is 50.9 Å². The van der Waals surface area contributed by atoms with Crippen LogP contribution in [0.15, 0.2) is 18.3 Å². The summed E-state index contributed by atoms with van der Waals surface area (Å²) in [6.45, 7) is 3.32. The fraction of sp³-hybridized carbons (Fsp3) is 0.545. The Morgan fingerprint density at radius 1 is 1.50 bits per heavy atom. The van der Waals surface area contributed by atoms with Crippen LogP contribution in [0.5, 0.6) is 0 Å². The highest BCUT2D eigenvalue weighted by atomic mass is 14.9. The third kappa shape index (κ3) is 1.97. The van der Waals surface area contributed by atoms with Gasteiger partial charge in [-0.3, -0.25) is 0 Å². The molecule has 0 bridgehead atoms. The van der Waals surface area contributed by atoms with Crippen molar-refractivity contribution in [1.29, 1.82) is 0 Å². The van der Waals surface area contributed by atoms with Gasteiger partial charge in [-0.1, -0.05) is 6.92 Å². The fourth-order valence-corrected chi connectivity index (χ4v) is 1.63. The van der Waals surface area contributed by atoms with Gasteiger partial charge in [-0.15, -0.1) is 0 Å². The molecular weight excluding hydrogens is 174 g/mol. The van der Waals surface area contributed by atoms with Crippen LogP contribution in [0.4, 0.5) is 11.5 Å². The van der Waals surface area contributed by atoms with Gasteiger partial charge in [0.05, 0.1) is 11.9 Å². The van der Waals surface area contributed by atoms with Crippen LogP contribution in [0, 0.1) is 5.41 Å². The molecule has 1 aromatic rings. The lowest BCUT2D eigenvalue weighted by Gasteiger charge is -2.14. The van der Waals surface area contributed by atoms with E-state index in [9.17, 15) is 0 Å². The maximum absolute atomic E-state index is 5.51. The molecule has 0 atom stereocenters. The molecule has 3 heteroatoms. The first kappa shape index (κ1) is 9.31. The maximum atomic E-state index is 5.51. The molecule has 0 radical (unpaired) electrons. The normalized spacial score (nSPS) is 17.8. The predicted molar refractivity (Wildman–Crippen MR) is 59.1 cm³/mol. The van der Waals surface area contributed by atoms with Crippen molar-refractivity contribution in [1.82, 2.24) is 4.98 Å². The first-order valence-corrected chi connectivity index (χ1v) is 5.19. The number of pyridine rings is 1. The molecular formula is C11H17N3. The summed E-state index contributed by atoms with van der Waals surface area (Å²) in [6.07, 6.45) is 5.78. The summed E-state index contributed by atoms with van der Waals surface area (Å²) in [7, 11) is 0. The summed E-state index contributed by atoms with van der Waals surface area (Å²) in [6, 6.07) is 3.81. The second kappa shape index (κ2) is 3.48. The van der Waals surface area contributed by atoms with Gasteiger partial charge in [0.2, 0.25) is 0 Å². The van der Waals surface area contributed by atoms with Crippen LogP contribution in [0.3, 0.4) is 0 Å². The van der Waals surface area contributed by atoms with E-state index in [0.29, 0.717) is 11.2 Å². The van der Waals surface area contributed by atoms with E-state index in [4.69, 9.17) is 5.73 Å². The molecule has 76 valence electrons. The highest BCUT2D eigenvalue weighted by molar-refractivity contribution is 5.45. The molecule has 0 saturated heterocycles. The highest BCUT2D eigenvalue weighted by Gasteiger charge is 2.40. The number of nitrogens with two attached hydrogens (primary N) is 1. The number of nitrogens with zero attached hydrogens (tertiary/aromatic N) is 1. The number of hydrogen-bond donors (Lipinski definition) is 2. The molecule has 1 aliphatic carbocycles. The summed E-state index contributed by atoms with van der Waals surface area (Å²) in [5.74, 6) is 0.576. The Morgan fingerprint density at radius 3 is 2.79 bits per heavy atom. The Balaban J connectivity index is 1.89. The van der Waals surface area contributed by atoms with E-state index in [1.807, 2.05) is 12.1 Å². The number of hydrogen-bond acceptors (Lipinski definition) is 3. The molecule has 3 N–H and O–H groups in total. The van der Waals surface area contributed by atoms with Gasteiger partial charge in [0.25, 0.3) is 0 Å². The SMILES string of the molecule is CCC1(CNc2ccc(N)nc2)CC1. The molecule has 0 aromatic carbocycles. The van der Waals surface area contributed by atoms with Crippen LogP contribution in [-0.2, 0) is 0 Å². The van der Waals surface area contributed by atoms with E-state index in [-0.39, 0.29) is 0 Å². The van der Waals surface area contributed by atoms with E-state index in [1.54, 1.807) is 6.20 Å². The standard InChI is InChI=1S/C11H17N3/c1-2-11(5-6-11)8-14-9-3-4-10(12)13-7-9/h3-4,7,14H,2,5-6,8H2,1H3,(H2,12,13). The smallest absolute Gasteiger partial charge is 0.123 e. The van der Waals surface area contributed by atoms with Crippen molar-refractivity contribution >= 4 is 11.5 Å². The van der Waals surface area contributed by atoms with Gasteiger partial charge in [-0.05, 0) is 36.8 Å². The molecule has 1 saturated carbocycles. The highest BCUT2D eigenvalue weighted by Crippen LogP contribution is 2.48. The van der Waals surface area contributed by atoms with Crippen molar-refractivity contribution in [3.63, 3.8) is 0 Å². The quantitative estimate of drug-likeness (QED) is 0.767. The average molecular weight is 191 g/mol. The predicted octanol–water partition coefficient (Wildman–Crippen LogP) is 2.27. The number of rotatable bonds is 4. The Morgan fingerprint density at radius 2 is 2.29 bits per heavy atom. The van der Waals surface area contributed by atoms with E-state index >= 15 is 0 Å². The summed E-state index contributed by atoms with van der Waals surface area (Å²) in [5, 5.41) is 3.41. The summed E-state index contributed by atoms with van der Waals surface area (Å²) in [5.41, 5.74) is 7.15. The lowest BCUT2D eigenvalue weighted by atomic mass is 10.0. The van der Waals surface area contributed by atoms with E-state index in [0.717, 1.165) is 12.2 Å². The lowest BCUT2D eigenvalue weighted by Crippen LogP contribution is -2.14. The number of aromatic nitrogens is 1. The van der Waals surface area contributed by atoms with Crippen LogP contribution in [-0.4, -0.2) is 11.5 Å². The van der Waals surface area contributed by atoms with Gasteiger partial charge in [0.15, 0.2) is 0 Å². The second-order valence-corrected chi connectivity index (χ2v) is 4.18. The van der Waals surface area contributed by atoms with Crippen molar-refractivity contribution in [3.05, 3.63) is 18.3 Å². The van der Waals surface area contributed by atoms with Gasteiger partial charge in [-0.2, -0.15) is 0 Å². The molecule has 1 fully saturated rings. The van der Waals surface area contributed by atoms with Gasteiger partial charge < -0.3 is 11.1 Å². The van der Waals surface area contributed by atoms with Crippen LogP contribution in [0.1, 0.15) is 26.2 Å². The van der Waals surface area contributed by atoms with Gasteiger partial charge in [-0.25, -0.2) is 4.98 Å². The zero-order valence-electron chi connectivity index (χ0n) is 8.59. The third-order valence-electron chi connectivity index (χ3n) is 3.16. The molecule has 1 aromatic heterocycles. The Labute approximate surface area is 84.7 Å². The fourth-order valence-electron chi connectivity index (χ4n) is 1.63. The zero-order chi connectivity index (χ0) is 10.0. The zero-order valence-corrected chi connectivity index (χ0v) is 8.59. The lowest BCUT2D eigenvalue weighted by molar-refractivity contribution is 0.521.